The van der Waals surface area contributed by atoms with E-state index < -0.39 is 17.1 Å². The summed E-state index contributed by atoms with van der Waals surface area (Å²) in [4.78, 5) is 30.3. The molecule has 0 aliphatic carbocycles. The van der Waals surface area contributed by atoms with Gasteiger partial charge >= 0.3 is 5.69 Å². The highest BCUT2D eigenvalue weighted by Crippen LogP contribution is 2.27. The fraction of sp³-hybridized carbons (Fsp3) is 0. The molecule has 1 aromatic heterocycles. The molecule has 0 atom stereocenters. The van der Waals surface area contributed by atoms with Crippen molar-refractivity contribution in [2.75, 3.05) is 0 Å². The fourth-order valence-electron chi connectivity index (χ4n) is 1.32. The summed E-state index contributed by atoms with van der Waals surface area (Å²) in [5.41, 5.74) is -1.42. The summed E-state index contributed by atoms with van der Waals surface area (Å²) in [6.07, 6.45) is 1.08. The molecule has 0 radical (unpaired) electrons. The minimum absolute atomic E-state index is 0.185. The molecule has 0 saturated carbocycles. The SMILES string of the molecule is O=c1[nH]c(O)c(C=Nc2cc(Cl)ccc2Cl)c(=O)[nH]1. The first-order valence-corrected chi connectivity index (χ1v) is 5.77. The standard InChI is InChI=1S/C11H7Cl2N3O3/c12-5-1-2-7(13)8(3-5)14-4-6-9(17)15-11(19)16-10(6)18/h1-4H,(H3,15,16,17,18,19). The molecule has 0 aliphatic heterocycles. The molecule has 0 spiro atoms. The summed E-state index contributed by atoms with van der Waals surface area (Å²) in [5, 5.41) is 10.2. The van der Waals surface area contributed by atoms with E-state index in [1.165, 1.54) is 6.07 Å². The van der Waals surface area contributed by atoms with E-state index in [-0.39, 0.29) is 5.56 Å². The summed E-state index contributed by atoms with van der Waals surface area (Å²) < 4.78 is 0. The van der Waals surface area contributed by atoms with Crippen LogP contribution in [0.5, 0.6) is 5.88 Å². The Morgan fingerprint density at radius 1 is 1.21 bits per heavy atom. The highest BCUT2D eigenvalue weighted by atomic mass is 35.5. The number of aromatic amines is 2. The summed E-state index contributed by atoms with van der Waals surface area (Å²) in [6, 6.07) is 4.64. The van der Waals surface area contributed by atoms with Gasteiger partial charge in [0, 0.05) is 11.2 Å². The number of hydrogen-bond acceptors (Lipinski definition) is 4. The Kier molecular flexibility index (Phi) is 3.73. The van der Waals surface area contributed by atoms with Crippen LogP contribution in [0, 0.1) is 0 Å². The molecule has 19 heavy (non-hydrogen) atoms. The quantitative estimate of drug-likeness (QED) is 0.738. The Labute approximate surface area is 116 Å². The van der Waals surface area contributed by atoms with Gasteiger partial charge in [0.25, 0.3) is 5.56 Å². The molecule has 1 aromatic carbocycles. The van der Waals surface area contributed by atoms with Crippen molar-refractivity contribution >= 4 is 35.1 Å². The summed E-state index contributed by atoms with van der Waals surface area (Å²) >= 11 is 11.7. The van der Waals surface area contributed by atoms with Gasteiger partial charge in [0.15, 0.2) is 0 Å². The monoisotopic (exact) mass is 299 g/mol. The molecule has 0 unspecified atom stereocenters. The van der Waals surface area contributed by atoms with Crippen LogP contribution in [-0.4, -0.2) is 21.3 Å². The molecule has 2 aromatic rings. The van der Waals surface area contributed by atoms with Crippen LogP contribution in [0.3, 0.4) is 0 Å². The van der Waals surface area contributed by atoms with Crippen LogP contribution in [0.2, 0.25) is 10.0 Å². The second-order valence-electron chi connectivity index (χ2n) is 3.52. The zero-order valence-corrected chi connectivity index (χ0v) is 10.8. The predicted octanol–water partition coefficient (Wildman–Crippen LogP) is 1.83. The van der Waals surface area contributed by atoms with E-state index >= 15 is 0 Å². The van der Waals surface area contributed by atoms with Crippen LogP contribution in [0.25, 0.3) is 0 Å². The second-order valence-corrected chi connectivity index (χ2v) is 4.37. The molecule has 0 saturated heterocycles. The van der Waals surface area contributed by atoms with Crippen LogP contribution in [0.15, 0.2) is 32.8 Å². The van der Waals surface area contributed by atoms with Crippen molar-refractivity contribution in [3.05, 3.63) is 54.6 Å². The molecule has 2 rings (SSSR count). The normalized spacial score (nSPS) is 11.1. The zero-order chi connectivity index (χ0) is 14.0. The minimum atomic E-state index is -0.805. The van der Waals surface area contributed by atoms with Crippen molar-refractivity contribution in [1.29, 1.82) is 0 Å². The van der Waals surface area contributed by atoms with Gasteiger partial charge < -0.3 is 5.11 Å². The van der Waals surface area contributed by atoms with Gasteiger partial charge in [-0.25, -0.2) is 4.79 Å². The average molecular weight is 300 g/mol. The molecule has 0 bridgehead atoms. The lowest BCUT2D eigenvalue weighted by Gasteiger charge is -1.99. The van der Waals surface area contributed by atoms with Crippen molar-refractivity contribution in [1.82, 2.24) is 9.97 Å². The Hall–Kier alpha value is -2.05. The van der Waals surface area contributed by atoms with E-state index in [9.17, 15) is 14.7 Å². The highest BCUT2D eigenvalue weighted by molar-refractivity contribution is 6.35. The number of hydrogen-bond donors (Lipinski definition) is 3. The Bertz CT molecular complexity index is 765. The van der Waals surface area contributed by atoms with Gasteiger partial charge in [-0.05, 0) is 18.2 Å². The van der Waals surface area contributed by atoms with Crippen LogP contribution >= 0.6 is 23.2 Å². The van der Waals surface area contributed by atoms with Crippen LogP contribution < -0.4 is 11.2 Å². The van der Waals surface area contributed by atoms with Crippen molar-refractivity contribution in [2.24, 2.45) is 4.99 Å². The van der Waals surface area contributed by atoms with Gasteiger partial charge in [0.2, 0.25) is 5.88 Å². The molecule has 0 fully saturated rings. The van der Waals surface area contributed by atoms with E-state index in [4.69, 9.17) is 23.2 Å². The van der Waals surface area contributed by atoms with Gasteiger partial charge in [0.1, 0.15) is 5.56 Å². The average Bonchev–Trinajstić information content (AvgIpc) is 2.32. The molecule has 0 amide bonds. The number of aromatic nitrogens is 2. The molecular formula is C11H7Cl2N3O3. The maximum Gasteiger partial charge on any atom is 0.328 e. The van der Waals surface area contributed by atoms with Gasteiger partial charge in [-0.2, -0.15) is 0 Å². The Balaban J connectivity index is 2.46. The molecule has 0 aliphatic rings. The predicted molar refractivity (Wildman–Crippen MR) is 73.1 cm³/mol. The number of halogens is 2. The van der Waals surface area contributed by atoms with Crippen molar-refractivity contribution in [2.45, 2.75) is 0 Å². The largest absolute Gasteiger partial charge is 0.494 e. The molecule has 6 nitrogen and oxygen atoms in total. The van der Waals surface area contributed by atoms with E-state index in [0.717, 1.165) is 6.21 Å². The van der Waals surface area contributed by atoms with Gasteiger partial charge in [-0.15, -0.1) is 0 Å². The summed E-state index contributed by atoms with van der Waals surface area (Å²) in [6.45, 7) is 0. The third kappa shape index (κ3) is 3.04. The van der Waals surface area contributed by atoms with E-state index in [2.05, 4.69) is 4.99 Å². The van der Waals surface area contributed by atoms with Gasteiger partial charge in [-0.3, -0.25) is 19.8 Å². The smallest absolute Gasteiger partial charge is 0.328 e. The number of aromatic hydroxyl groups is 1. The van der Waals surface area contributed by atoms with E-state index in [0.29, 0.717) is 15.7 Å². The Morgan fingerprint density at radius 3 is 2.63 bits per heavy atom. The summed E-state index contributed by atoms with van der Waals surface area (Å²) in [7, 11) is 0. The molecule has 8 heteroatoms. The first kappa shape index (κ1) is 13.4. The second kappa shape index (κ2) is 5.29. The molecular weight excluding hydrogens is 293 g/mol. The molecule has 98 valence electrons. The lowest BCUT2D eigenvalue weighted by Crippen LogP contribution is -2.24. The first-order chi connectivity index (χ1) is 8.97. The van der Waals surface area contributed by atoms with Crippen LogP contribution in [0.1, 0.15) is 5.56 Å². The third-order valence-corrected chi connectivity index (χ3v) is 2.75. The lowest BCUT2D eigenvalue weighted by molar-refractivity contribution is 0.447. The fourth-order valence-corrected chi connectivity index (χ4v) is 1.66. The maximum absolute atomic E-state index is 11.4. The van der Waals surface area contributed by atoms with E-state index in [1.807, 2.05) is 9.97 Å². The van der Waals surface area contributed by atoms with Crippen molar-refractivity contribution < 1.29 is 5.11 Å². The topological polar surface area (TPSA) is 98.3 Å². The van der Waals surface area contributed by atoms with Crippen molar-refractivity contribution in [3.8, 4) is 5.88 Å². The molecule has 1 heterocycles. The Morgan fingerprint density at radius 2 is 1.95 bits per heavy atom. The highest BCUT2D eigenvalue weighted by Gasteiger charge is 2.06. The number of nitrogens with zero attached hydrogens (tertiary/aromatic N) is 1. The van der Waals surface area contributed by atoms with Crippen LogP contribution in [-0.2, 0) is 0 Å². The lowest BCUT2D eigenvalue weighted by atomic mass is 10.3. The number of aliphatic imine (C=N–C) groups is 1. The first-order valence-electron chi connectivity index (χ1n) is 5.02. The zero-order valence-electron chi connectivity index (χ0n) is 9.28. The number of benzene rings is 1. The van der Waals surface area contributed by atoms with Gasteiger partial charge in [0.05, 0.1) is 10.7 Å². The van der Waals surface area contributed by atoms with Crippen LogP contribution in [0.4, 0.5) is 5.69 Å². The van der Waals surface area contributed by atoms with E-state index in [1.54, 1.807) is 12.1 Å². The maximum atomic E-state index is 11.4. The number of H-pyrrole nitrogens is 2. The third-order valence-electron chi connectivity index (χ3n) is 2.20. The number of nitrogens with one attached hydrogen (secondary N) is 2. The van der Waals surface area contributed by atoms with Gasteiger partial charge in [-0.1, -0.05) is 23.2 Å². The van der Waals surface area contributed by atoms with Crippen molar-refractivity contribution in [3.63, 3.8) is 0 Å². The summed E-state index contributed by atoms with van der Waals surface area (Å²) in [5.74, 6) is -0.573. The minimum Gasteiger partial charge on any atom is -0.494 e. The molecule has 3 N–H and O–H groups in total. The number of rotatable bonds is 2.